The molecule has 0 aliphatic heterocycles. The predicted octanol–water partition coefficient (Wildman–Crippen LogP) is 2.16. The van der Waals surface area contributed by atoms with Crippen LogP contribution >= 0.6 is 0 Å². The third-order valence-electron chi connectivity index (χ3n) is 3.37. The Morgan fingerprint density at radius 2 is 2.11 bits per heavy atom. The number of nitrogens with one attached hydrogen (secondary N) is 2. The summed E-state index contributed by atoms with van der Waals surface area (Å²) in [5.41, 5.74) is 3.41. The average Bonchev–Trinajstić information content (AvgIpc) is 3.01. The molecule has 1 heterocycles. The molecule has 0 fully saturated rings. The fourth-order valence-corrected chi connectivity index (χ4v) is 2.37. The van der Waals surface area contributed by atoms with E-state index in [1.165, 1.54) is 0 Å². The number of methoxy groups -OCH3 is 1. The summed E-state index contributed by atoms with van der Waals surface area (Å²) in [6.45, 7) is 0. The number of rotatable bonds is 3. The van der Waals surface area contributed by atoms with Crippen molar-refractivity contribution in [2.24, 2.45) is 0 Å². The number of anilines is 1. The van der Waals surface area contributed by atoms with E-state index in [1.54, 1.807) is 7.11 Å². The molecule has 0 spiro atoms. The highest BCUT2D eigenvalue weighted by molar-refractivity contribution is 6.04. The van der Waals surface area contributed by atoms with Crippen molar-refractivity contribution in [3.63, 3.8) is 0 Å². The summed E-state index contributed by atoms with van der Waals surface area (Å²) in [7, 11) is 1.61. The number of benzene rings is 1. The number of aryl methyl sites for hydroxylation is 1. The number of H-pyrrole nitrogens is 1. The number of aromatic nitrogens is 2. The zero-order chi connectivity index (χ0) is 13.2. The largest absolute Gasteiger partial charge is 0.497 e. The molecule has 0 atom stereocenters. The lowest BCUT2D eigenvalue weighted by atomic mass is 10.2. The molecule has 0 radical (unpaired) electrons. The van der Waals surface area contributed by atoms with Crippen molar-refractivity contribution >= 4 is 11.6 Å². The van der Waals surface area contributed by atoms with E-state index in [1.807, 2.05) is 24.3 Å². The first-order valence-corrected chi connectivity index (χ1v) is 6.29. The second kappa shape index (κ2) is 4.76. The monoisotopic (exact) mass is 257 g/mol. The Kier molecular flexibility index (Phi) is 2.95. The molecular formula is C14H15N3O2. The van der Waals surface area contributed by atoms with Crippen molar-refractivity contribution < 1.29 is 9.53 Å². The average molecular weight is 257 g/mol. The van der Waals surface area contributed by atoms with Crippen LogP contribution in [0.2, 0.25) is 0 Å². The summed E-state index contributed by atoms with van der Waals surface area (Å²) >= 11 is 0. The van der Waals surface area contributed by atoms with Gasteiger partial charge in [-0.3, -0.25) is 9.89 Å². The summed E-state index contributed by atoms with van der Waals surface area (Å²) in [6, 6.07) is 7.24. The smallest absolute Gasteiger partial charge is 0.276 e. The zero-order valence-electron chi connectivity index (χ0n) is 10.7. The number of hydrogen-bond donors (Lipinski definition) is 2. The highest BCUT2D eigenvalue weighted by Crippen LogP contribution is 2.23. The van der Waals surface area contributed by atoms with Gasteiger partial charge in [-0.2, -0.15) is 5.10 Å². The van der Waals surface area contributed by atoms with E-state index in [2.05, 4.69) is 15.5 Å². The van der Waals surface area contributed by atoms with Gasteiger partial charge in [-0.25, -0.2) is 0 Å². The number of aromatic amines is 1. The lowest BCUT2D eigenvalue weighted by Crippen LogP contribution is -2.14. The fourth-order valence-electron chi connectivity index (χ4n) is 2.37. The van der Waals surface area contributed by atoms with E-state index in [-0.39, 0.29) is 5.91 Å². The van der Waals surface area contributed by atoms with E-state index in [4.69, 9.17) is 4.74 Å². The van der Waals surface area contributed by atoms with Crippen molar-refractivity contribution in [1.82, 2.24) is 10.2 Å². The molecule has 0 saturated carbocycles. The van der Waals surface area contributed by atoms with Gasteiger partial charge in [0.2, 0.25) is 0 Å². The van der Waals surface area contributed by atoms with Crippen LogP contribution < -0.4 is 10.1 Å². The van der Waals surface area contributed by atoms with E-state index < -0.39 is 0 Å². The van der Waals surface area contributed by atoms with Crippen LogP contribution in [-0.4, -0.2) is 23.2 Å². The maximum Gasteiger partial charge on any atom is 0.276 e. The van der Waals surface area contributed by atoms with Crippen molar-refractivity contribution in [2.75, 3.05) is 12.4 Å². The summed E-state index contributed by atoms with van der Waals surface area (Å²) in [5, 5.41) is 9.89. The number of carbonyl (C=O) groups excluding carboxylic acids is 1. The Morgan fingerprint density at radius 3 is 2.84 bits per heavy atom. The summed E-state index contributed by atoms with van der Waals surface area (Å²) in [6.07, 6.45) is 3.00. The standard InChI is InChI=1S/C14H15N3O2/c1-19-10-7-5-9(6-8-10)15-14(18)13-11-3-2-4-12(11)16-17-13/h5-8H,2-4H2,1H3,(H,15,18)(H,16,17). The minimum Gasteiger partial charge on any atom is -0.497 e. The Bertz CT molecular complexity index is 602. The van der Waals surface area contributed by atoms with E-state index in [0.717, 1.165) is 42.0 Å². The van der Waals surface area contributed by atoms with Gasteiger partial charge in [-0.15, -0.1) is 0 Å². The van der Waals surface area contributed by atoms with Crippen LogP contribution in [0.5, 0.6) is 5.75 Å². The molecule has 1 aromatic carbocycles. The first-order chi connectivity index (χ1) is 9.28. The van der Waals surface area contributed by atoms with Crippen LogP contribution in [0.25, 0.3) is 0 Å². The molecule has 1 aliphatic carbocycles. The molecule has 0 unspecified atom stereocenters. The second-order valence-corrected chi connectivity index (χ2v) is 4.57. The zero-order valence-corrected chi connectivity index (χ0v) is 10.7. The van der Waals surface area contributed by atoms with Crippen LogP contribution in [0, 0.1) is 0 Å². The molecular weight excluding hydrogens is 242 g/mol. The number of ether oxygens (including phenoxy) is 1. The fraction of sp³-hybridized carbons (Fsp3) is 0.286. The topological polar surface area (TPSA) is 67.0 Å². The van der Waals surface area contributed by atoms with Gasteiger partial charge in [0.1, 0.15) is 5.75 Å². The molecule has 5 heteroatoms. The summed E-state index contributed by atoms with van der Waals surface area (Å²) in [5.74, 6) is 0.600. The van der Waals surface area contributed by atoms with E-state index >= 15 is 0 Å². The number of carbonyl (C=O) groups is 1. The molecule has 3 rings (SSSR count). The first-order valence-electron chi connectivity index (χ1n) is 6.29. The van der Waals surface area contributed by atoms with Crippen LogP contribution in [0.4, 0.5) is 5.69 Å². The SMILES string of the molecule is COc1ccc(NC(=O)c2n[nH]c3c2CCC3)cc1. The van der Waals surface area contributed by atoms with Gasteiger partial charge in [0.25, 0.3) is 5.91 Å². The van der Waals surface area contributed by atoms with Gasteiger partial charge >= 0.3 is 0 Å². The van der Waals surface area contributed by atoms with Crippen molar-refractivity contribution in [1.29, 1.82) is 0 Å². The van der Waals surface area contributed by atoms with Crippen LogP contribution in [0.1, 0.15) is 28.2 Å². The van der Waals surface area contributed by atoms with Gasteiger partial charge in [0.05, 0.1) is 7.11 Å². The Balaban J connectivity index is 1.77. The molecule has 5 nitrogen and oxygen atoms in total. The maximum absolute atomic E-state index is 12.2. The Morgan fingerprint density at radius 1 is 1.32 bits per heavy atom. The Hall–Kier alpha value is -2.30. The van der Waals surface area contributed by atoms with Crippen LogP contribution in [-0.2, 0) is 12.8 Å². The van der Waals surface area contributed by atoms with Gasteiger partial charge in [-0.1, -0.05) is 0 Å². The highest BCUT2D eigenvalue weighted by Gasteiger charge is 2.22. The summed E-state index contributed by atoms with van der Waals surface area (Å²) in [4.78, 5) is 12.2. The lowest BCUT2D eigenvalue weighted by Gasteiger charge is -2.05. The highest BCUT2D eigenvalue weighted by atomic mass is 16.5. The van der Waals surface area contributed by atoms with Gasteiger partial charge < -0.3 is 10.1 Å². The molecule has 2 N–H and O–H groups in total. The normalized spacial score (nSPS) is 13.1. The second-order valence-electron chi connectivity index (χ2n) is 4.57. The summed E-state index contributed by atoms with van der Waals surface area (Å²) < 4.78 is 5.08. The van der Waals surface area contributed by atoms with Gasteiger partial charge in [-0.05, 0) is 43.5 Å². The Labute approximate surface area is 111 Å². The number of nitrogens with zero attached hydrogens (tertiary/aromatic N) is 1. The third-order valence-corrected chi connectivity index (χ3v) is 3.37. The van der Waals surface area contributed by atoms with E-state index in [0.29, 0.717) is 5.69 Å². The lowest BCUT2D eigenvalue weighted by molar-refractivity contribution is 0.102. The number of fused-ring (bicyclic) bond motifs is 1. The molecule has 0 bridgehead atoms. The van der Waals surface area contributed by atoms with Gasteiger partial charge in [0, 0.05) is 16.9 Å². The molecule has 19 heavy (non-hydrogen) atoms. The molecule has 1 aromatic heterocycles. The van der Waals surface area contributed by atoms with Crippen molar-refractivity contribution in [3.05, 3.63) is 41.2 Å². The quantitative estimate of drug-likeness (QED) is 0.885. The predicted molar refractivity (Wildman–Crippen MR) is 71.6 cm³/mol. The van der Waals surface area contributed by atoms with E-state index in [9.17, 15) is 4.79 Å². The number of hydrogen-bond acceptors (Lipinski definition) is 3. The van der Waals surface area contributed by atoms with Crippen LogP contribution in [0.15, 0.2) is 24.3 Å². The van der Waals surface area contributed by atoms with Crippen LogP contribution in [0.3, 0.4) is 0 Å². The minimum atomic E-state index is -0.162. The molecule has 1 amide bonds. The van der Waals surface area contributed by atoms with Crippen molar-refractivity contribution in [3.8, 4) is 5.75 Å². The number of amides is 1. The maximum atomic E-state index is 12.2. The van der Waals surface area contributed by atoms with Gasteiger partial charge in [0.15, 0.2) is 5.69 Å². The molecule has 1 aliphatic rings. The third kappa shape index (κ3) is 2.19. The molecule has 98 valence electrons. The minimum absolute atomic E-state index is 0.162. The molecule has 2 aromatic rings. The molecule has 0 saturated heterocycles. The first kappa shape index (κ1) is 11.8. The van der Waals surface area contributed by atoms with Crippen molar-refractivity contribution in [2.45, 2.75) is 19.3 Å².